The molecule has 1 atom stereocenters. The van der Waals surface area contributed by atoms with Gasteiger partial charge in [0.25, 0.3) is 0 Å². The molecule has 0 spiro atoms. The molecular formula is C22H30N2O4S. The Hall–Kier alpha value is -1.93. The summed E-state index contributed by atoms with van der Waals surface area (Å²) in [6, 6.07) is 11.6. The molecule has 29 heavy (non-hydrogen) atoms. The Morgan fingerprint density at radius 3 is 2.31 bits per heavy atom. The first-order chi connectivity index (χ1) is 13.8. The number of methoxy groups -OCH3 is 1. The van der Waals surface area contributed by atoms with E-state index in [1.54, 1.807) is 12.1 Å². The maximum Gasteiger partial charge on any atom is 0.244 e. The molecule has 1 heterocycles. The van der Waals surface area contributed by atoms with Crippen molar-refractivity contribution in [1.82, 2.24) is 9.62 Å². The van der Waals surface area contributed by atoms with Gasteiger partial charge in [0.05, 0.1) is 20.3 Å². The van der Waals surface area contributed by atoms with Crippen LogP contribution >= 0.6 is 0 Å². The van der Waals surface area contributed by atoms with E-state index in [4.69, 9.17) is 9.47 Å². The summed E-state index contributed by atoms with van der Waals surface area (Å²) in [7, 11) is -2.23. The molecule has 158 valence electrons. The molecular weight excluding hydrogens is 388 g/mol. The molecule has 1 fully saturated rings. The van der Waals surface area contributed by atoms with Gasteiger partial charge in [0.1, 0.15) is 10.6 Å². The van der Waals surface area contributed by atoms with Crippen LogP contribution in [0.5, 0.6) is 5.75 Å². The summed E-state index contributed by atoms with van der Waals surface area (Å²) in [5, 5.41) is 0. The molecule has 0 unspecified atom stereocenters. The average Bonchev–Trinajstić information content (AvgIpc) is 2.71. The summed E-state index contributed by atoms with van der Waals surface area (Å²) in [6.07, 6.45) is 0. The second-order valence-electron chi connectivity index (χ2n) is 7.51. The smallest absolute Gasteiger partial charge is 0.244 e. The van der Waals surface area contributed by atoms with E-state index in [1.165, 1.54) is 12.7 Å². The van der Waals surface area contributed by atoms with E-state index in [9.17, 15) is 8.42 Å². The molecule has 0 radical (unpaired) electrons. The van der Waals surface area contributed by atoms with Gasteiger partial charge in [-0.1, -0.05) is 29.8 Å². The van der Waals surface area contributed by atoms with Crippen molar-refractivity contribution in [2.45, 2.75) is 31.7 Å². The minimum atomic E-state index is -3.73. The molecule has 0 bridgehead atoms. The van der Waals surface area contributed by atoms with Crippen molar-refractivity contribution < 1.29 is 17.9 Å². The van der Waals surface area contributed by atoms with Crippen LogP contribution in [0.4, 0.5) is 0 Å². The van der Waals surface area contributed by atoms with Gasteiger partial charge in [0, 0.05) is 25.7 Å². The zero-order valence-corrected chi connectivity index (χ0v) is 18.4. The molecule has 1 saturated heterocycles. The fourth-order valence-corrected chi connectivity index (χ4v) is 4.81. The molecule has 1 aliphatic rings. The van der Waals surface area contributed by atoms with Gasteiger partial charge in [0.15, 0.2) is 0 Å². The maximum atomic E-state index is 13.1. The number of rotatable bonds is 7. The summed E-state index contributed by atoms with van der Waals surface area (Å²) in [5.74, 6) is 0.360. The Bertz CT molecular complexity index is 936. The fraction of sp³-hybridized carbons (Fsp3) is 0.455. The summed E-state index contributed by atoms with van der Waals surface area (Å²) in [6.45, 7) is 9.01. The molecule has 1 aliphatic heterocycles. The molecule has 0 aliphatic carbocycles. The number of nitrogens with zero attached hydrogens (tertiary/aromatic N) is 1. The van der Waals surface area contributed by atoms with Crippen molar-refractivity contribution in [2.24, 2.45) is 0 Å². The lowest BCUT2D eigenvalue weighted by Crippen LogP contribution is -2.43. The van der Waals surface area contributed by atoms with Gasteiger partial charge in [-0.25, -0.2) is 13.1 Å². The van der Waals surface area contributed by atoms with E-state index in [2.05, 4.69) is 33.9 Å². The van der Waals surface area contributed by atoms with Gasteiger partial charge in [0.2, 0.25) is 10.0 Å². The minimum absolute atomic E-state index is 0.0631. The van der Waals surface area contributed by atoms with Crippen molar-refractivity contribution in [3.8, 4) is 5.75 Å². The number of sulfonamides is 1. The lowest BCUT2D eigenvalue weighted by molar-refractivity contribution is 0.0172. The maximum absolute atomic E-state index is 13.1. The first kappa shape index (κ1) is 21.8. The summed E-state index contributed by atoms with van der Waals surface area (Å²) in [4.78, 5) is 2.45. The van der Waals surface area contributed by atoms with Crippen LogP contribution in [0.3, 0.4) is 0 Å². The van der Waals surface area contributed by atoms with Gasteiger partial charge in [-0.05, 0) is 49.6 Å². The van der Waals surface area contributed by atoms with Crippen molar-refractivity contribution in [2.75, 3.05) is 40.0 Å². The standard InChI is InChI=1S/C22H30N2O4S/c1-16-5-7-19(8-6-16)20(24-9-11-28-12-10-24)15-23-29(25,26)22-14-18(3)17(2)13-21(22)27-4/h5-8,13-14,20,23H,9-12,15H2,1-4H3/t20-/m0/s1. The van der Waals surface area contributed by atoms with Gasteiger partial charge < -0.3 is 9.47 Å². The Kier molecular flexibility index (Phi) is 6.95. The number of hydrogen-bond acceptors (Lipinski definition) is 5. The lowest BCUT2D eigenvalue weighted by Gasteiger charge is -2.35. The van der Waals surface area contributed by atoms with Crippen LogP contribution in [0.25, 0.3) is 0 Å². The highest BCUT2D eigenvalue weighted by atomic mass is 32.2. The van der Waals surface area contributed by atoms with Crippen LogP contribution in [0, 0.1) is 20.8 Å². The highest BCUT2D eigenvalue weighted by Gasteiger charge is 2.26. The molecule has 3 rings (SSSR count). The third-order valence-electron chi connectivity index (χ3n) is 5.48. The number of benzene rings is 2. The lowest BCUT2D eigenvalue weighted by atomic mass is 10.0. The molecule has 0 aromatic heterocycles. The third kappa shape index (κ3) is 5.17. The van der Waals surface area contributed by atoms with E-state index in [-0.39, 0.29) is 17.5 Å². The minimum Gasteiger partial charge on any atom is -0.495 e. The largest absolute Gasteiger partial charge is 0.495 e. The molecule has 2 aromatic carbocycles. The van der Waals surface area contributed by atoms with E-state index < -0.39 is 10.0 Å². The SMILES string of the molecule is COc1cc(C)c(C)cc1S(=O)(=O)NC[C@@H](c1ccc(C)cc1)N1CCOCC1. The fourth-order valence-electron chi connectivity index (χ4n) is 3.53. The Labute approximate surface area is 173 Å². The average molecular weight is 419 g/mol. The molecule has 0 amide bonds. The second kappa shape index (κ2) is 9.26. The van der Waals surface area contributed by atoms with E-state index in [1.807, 2.05) is 20.8 Å². The summed E-state index contributed by atoms with van der Waals surface area (Å²) < 4.78 is 39.9. The quantitative estimate of drug-likeness (QED) is 0.749. The summed E-state index contributed by atoms with van der Waals surface area (Å²) >= 11 is 0. The topological polar surface area (TPSA) is 67.9 Å². The van der Waals surface area contributed by atoms with E-state index >= 15 is 0 Å². The van der Waals surface area contributed by atoms with Crippen LogP contribution in [0.1, 0.15) is 28.3 Å². The normalized spacial score (nSPS) is 16.6. The van der Waals surface area contributed by atoms with Crippen molar-refractivity contribution in [1.29, 1.82) is 0 Å². The van der Waals surface area contributed by atoms with Crippen molar-refractivity contribution >= 4 is 10.0 Å². The van der Waals surface area contributed by atoms with Gasteiger partial charge in [-0.2, -0.15) is 0 Å². The Balaban J connectivity index is 1.86. The molecule has 2 aromatic rings. The van der Waals surface area contributed by atoms with Gasteiger partial charge >= 0.3 is 0 Å². The van der Waals surface area contributed by atoms with Gasteiger partial charge in [-0.3, -0.25) is 4.90 Å². The number of aryl methyl sites for hydroxylation is 3. The van der Waals surface area contributed by atoms with Gasteiger partial charge in [-0.15, -0.1) is 0 Å². The molecule has 0 saturated carbocycles. The van der Waals surface area contributed by atoms with Crippen LogP contribution in [-0.2, 0) is 14.8 Å². The number of nitrogens with one attached hydrogen (secondary N) is 1. The molecule has 6 nitrogen and oxygen atoms in total. The zero-order chi connectivity index (χ0) is 21.0. The first-order valence-corrected chi connectivity index (χ1v) is 11.3. The highest BCUT2D eigenvalue weighted by Crippen LogP contribution is 2.28. The monoisotopic (exact) mass is 418 g/mol. The summed E-state index contributed by atoms with van der Waals surface area (Å²) in [5.41, 5.74) is 4.17. The molecule has 1 N–H and O–H groups in total. The van der Waals surface area contributed by atoms with Crippen LogP contribution in [0.15, 0.2) is 41.3 Å². The van der Waals surface area contributed by atoms with E-state index in [0.717, 1.165) is 29.8 Å². The predicted molar refractivity (Wildman–Crippen MR) is 114 cm³/mol. The Morgan fingerprint density at radius 1 is 1.07 bits per heavy atom. The number of morpholine rings is 1. The van der Waals surface area contributed by atoms with Crippen LogP contribution in [0.2, 0.25) is 0 Å². The molecule has 7 heteroatoms. The van der Waals surface area contributed by atoms with Crippen LogP contribution < -0.4 is 9.46 Å². The first-order valence-electron chi connectivity index (χ1n) is 9.85. The Morgan fingerprint density at radius 2 is 1.69 bits per heavy atom. The second-order valence-corrected chi connectivity index (χ2v) is 9.25. The zero-order valence-electron chi connectivity index (χ0n) is 17.6. The predicted octanol–water partition coefficient (Wildman–Crippen LogP) is 2.97. The third-order valence-corrected chi connectivity index (χ3v) is 6.93. The van der Waals surface area contributed by atoms with Crippen molar-refractivity contribution in [3.05, 3.63) is 58.7 Å². The highest BCUT2D eigenvalue weighted by molar-refractivity contribution is 7.89. The number of ether oxygens (including phenoxy) is 2. The number of hydrogen-bond donors (Lipinski definition) is 1. The van der Waals surface area contributed by atoms with E-state index in [0.29, 0.717) is 19.0 Å². The van der Waals surface area contributed by atoms with Crippen LogP contribution in [-0.4, -0.2) is 53.3 Å². The van der Waals surface area contributed by atoms with Crippen molar-refractivity contribution in [3.63, 3.8) is 0 Å².